The standard InChI is InChI=1S/C21H16N2O5S/c24-19(28-14-15-6-2-1-3-7-15)10-5-11-22-21(25)17-12-16-8-4-9-18(29(26)27)20(16)23-13-17/h1-4,6-9,12-13H,11,14H2,(H,22,25)(H,26,27)/p-1. The Balaban J connectivity index is 1.55. The summed E-state index contributed by atoms with van der Waals surface area (Å²) >= 11 is -2.42. The molecule has 0 fully saturated rings. The molecule has 0 aliphatic rings. The van der Waals surface area contributed by atoms with Crippen molar-refractivity contribution in [2.45, 2.75) is 11.5 Å². The first-order chi connectivity index (χ1) is 14.0. The van der Waals surface area contributed by atoms with Crippen LogP contribution in [-0.4, -0.2) is 32.2 Å². The molecule has 3 aromatic rings. The van der Waals surface area contributed by atoms with Gasteiger partial charge < -0.3 is 14.6 Å². The lowest BCUT2D eigenvalue weighted by atomic mass is 10.1. The molecule has 29 heavy (non-hydrogen) atoms. The Morgan fingerprint density at radius 1 is 1.14 bits per heavy atom. The van der Waals surface area contributed by atoms with Crippen LogP contribution in [0.15, 0.2) is 65.7 Å². The van der Waals surface area contributed by atoms with Gasteiger partial charge in [0.2, 0.25) is 0 Å². The Morgan fingerprint density at radius 3 is 2.69 bits per heavy atom. The average molecular weight is 407 g/mol. The Morgan fingerprint density at radius 2 is 1.93 bits per heavy atom. The molecule has 7 nitrogen and oxygen atoms in total. The van der Waals surface area contributed by atoms with Crippen LogP contribution in [0.4, 0.5) is 0 Å². The van der Waals surface area contributed by atoms with E-state index in [0.29, 0.717) is 10.9 Å². The summed E-state index contributed by atoms with van der Waals surface area (Å²) in [6, 6.07) is 15.4. The number of amides is 1. The molecular formula is C21H15N2O5S-. The molecule has 8 heteroatoms. The van der Waals surface area contributed by atoms with Crippen molar-refractivity contribution < 1.29 is 23.1 Å². The van der Waals surface area contributed by atoms with Crippen LogP contribution in [0, 0.1) is 11.8 Å². The fraction of sp³-hybridized carbons (Fsp3) is 0.0952. The van der Waals surface area contributed by atoms with Gasteiger partial charge in [-0.05, 0) is 28.8 Å². The van der Waals surface area contributed by atoms with Crippen LogP contribution in [0.5, 0.6) is 0 Å². The van der Waals surface area contributed by atoms with Gasteiger partial charge >= 0.3 is 5.97 Å². The Bertz CT molecular complexity index is 1140. The molecule has 2 aromatic carbocycles. The second-order valence-electron chi connectivity index (χ2n) is 5.83. The van der Waals surface area contributed by atoms with Crippen LogP contribution < -0.4 is 5.32 Å². The summed E-state index contributed by atoms with van der Waals surface area (Å²) in [5.74, 6) is 3.69. The van der Waals surface area contributed by atoms with Crippen LogP contribution in [0.3, 0.4) is 0 Å². The van der Waals surface area contributed by atoms with Crippen molar-refractivity contribution in [2.75, 3.05) is 6.54 Å². The molecule has 1 unspecified atom stereocenters. The number of hydrogen-bond acceptors (Lipinski definition) is 6. The molecule has 146 valence electrons. The van der Waals surface area contributed by atoms with Gasteiger partial charge in [-0.2, -0.15) is 0 Å². The maximum atomic E-state index is 12.2. The van der Waals surface area contributed by atoms with E-state index in [1.165, 1.54) is 18.3 Å². The van der Waals surface area contributed by atoms with Crippen molar-refractivity contribution in [1.82, 2.24) is 10.3 Å². The predicted molar refractivity (Wildman–Crippen MR) is 105 cm³/mol. The van der Waals surface area contributed by atoms with Crippen molar-refractivity contribution in [3.8, 4) is 11.8 Å². The normalized spacial score (nSPS) is 11.2. The number of rotatable bonds is 5. The second-order valence-corrected chi connectivity index (χ2v) is 6.74. The SMILES string of the molecule is O=C(C#CCNC(=O)c1cnc2c(S(=O)[O-])cccc2c1)OCc1ccccc1. The maximum Gasteiger partial charge on any atom is 0.384 e. The van der Waals surface area contributed by atoms with Crippen LogP contribution in [-0.2, 0) is 27.2 Å². The number of para-hydroxylation sites is 1. The second kappa shape index (κ2) is 9.59. The van der Waals surface area contributed by atoms with E-state index in [9.17, 15) is 18.4 Å². The number of aromatic nitrogens is 1. The van der Waals surface area contributed by atoms with E-state index in [-0.39, 0.29) is 23.6 Å². The van der Waals surface area contributed by atoms with E-state index in [4.69, 9.17) is 4.74 Å². The van der Waals surface area contributed by atoms with Crippen LogP contribution >= 0.6 is 0 Å². The molecule has 1 N–H and O–H groups in total. The minimum atomic E-state index is -2.42. The number of esters is 1. The van der Waals surface area contributed by atoms with Gasteiger partial charge in [0.15, 0.2) is 0 Å². The Labute approximate surface area is 169 Å². The zero-order valence-corrected chi connectivity index (χ0v) is 15.9. The summed E-state index contributed by atoms with van der Waals surface area (Å²) in [7, 11) is 0. The van der Waals surface area contributed by atoms with Crippen molar-refractivity contribution in [3.63, 3.8) is 0 Å². The molecule has 1 aromatic heterocycles. The van der Waals surface area contributed by atoms with E-state index in [2.05, 4.69) is 22.1 Å². The van der Waals surface area contributed by atoms with E-state index < -0.39 is 23.0 Å². The lowest BCUT2D eigenvalue weighted by molar-refractivity contribution is -0.137. The molecule has 0 saturated carbocycles. The van der Waals surface area contributed by atoms with Crippen molar-refractivity contribution in [2.24, 2.45) is 0 Å². The number of fused-ring (bicyclic) bond motifs is 1. The van der Waals surface area contributed by atoms with E-state index in [1.54, 1.807) is 12.1 Å². The first-order valence-corrected chi connectivity index (χ1v) is 9.58. The van der Waals surface area contributed by atoms with Crippen molar-refractivity contribution in [3.05, 3.63) is 71.9 Å². The predicted octanol–water partition coefficient (Wildman–Crippen LogP) is 1.95. The third kappa shape index (κ3) is 5.48. The van der Waals surface area contributed by atoms with Crippen LogP contribution in [0.2, 0.25) is 0 Å². The molecule has 3 rings (SSSR count). The summed E-state index contributed by atoms with van der Waals surface area (Å²) in [6.07, 6.45) is 1.29. The van der Waals surface area contributed by atoms with Gasteiger partial charge in [0.1, 0.15) is 6.61 Å². The van der Waals surface area contributed by atoms with Crippen molar-refractivity contribution >= 4 is 33.9 Å². The zero-order chi connectivity index (χ0) is 20.6. The lowest BCUT2D eigenvalue weighted by Crippen LogP contribution is -2.23. The zero-order valence-electron chi connectivity index (χ0n) is 15.1. The number of ether oxygens (including phenoxy) is 1. The number of benzene rings is 2. The molecule has 0 spiro atoms. The quantitative estimate of drug-likeness (QED) is 0.300. The highest BCUT2D eigenvalue weighted by Gasteiger charge is 2.09. The molecule has 0 aliphatic heterocycles. The summed E-state index contributed by atoms with van der Waals surface area (Å²) in [6.45, 7) is 0.0710. The molecule has 0 radical (unpaired) electrons. The molecule has 0 bridgehead atoms. The molecule has 1 atom stereocenters. The smallest absolute Gasteiger partial charge is 0.384 e. The summed E-state index contributed by atoms with van der Waals surface area (Å²) in [5, 5.41) is 3.07. The first kappa shape index (κ1) is 20.2. The molecule has 0 aliphatic carbocycles. The summed E-state index contributed by atoms with van der Waals surface area (Å²) in [5.41, 5.74) is 1.39. The number of carbonyl (C=O) groups is 2. The van der Waals surface area contributed by atoms with Crippen LogP contribution in [0.25, 0.3) is 10.9 Å². The van der Waals surface area contributed by atoms with E-state index >= 15 is 0 Å². The summed E-state index contributed by atoms with van der Waals surface area (Å²) in [4.78, 5) is 27.9. The number of pyridine rings is 1. The summed E-state index contributed by atoms with van der Waals surface area (Å²) < 4.78 is 27.4. The fourth-order valence-corrected chi connectivity index (χ4v) is 3.01. The van der Waals surface area contributed by atoms with Gasteiger partial charge in [0.25, 0.3) is 5.91 Å². The van der Waals surface area contributed by atoms with Crippen LogP contribution in [0.1, 0.15) is 15.9 Å². The molecule has 1 heterocycles. The Kier molecular flexibility index (Phi) is 6.68. The third-order valence-electron chi connectivity index (χ3n) is 3.86. The largest absolute Gasteiger partial charge is 0.768 e. The molecule has 0 saturated heterocycles. The maximum absolute atomic E-state index is 12.2. The van der Waals surface area contributed by atoms with Gasteiger partial charge in [0, 0.05) is 17.5 Å². The minimum absolute atomic E-state index is 0.0536. The van der Waals surface area contributed by atoms with Gasteiger partial charge in [0.05, 0.1) is 22.5 Å². The monoisotopic (exact) mass is 407 g/mol. The van der Waals surface area contributed by atoms with Gasteiger partial charge in [-0.1, -0.05) is 48.4 Å². The minimum Gasteiger partial charge on any atom is -0.768 e. The number of hydrogen-bond donors (Lipinski definition) is 1. The average Bonchev–Trinajstić information content (AvgIpc) is 2.75. The number of carbonyl (C=O) groups excluding carboxylic acids is 2. The topological polar surface area (TPSA) is 108 Å². The van der Waals surface area contributed by atoms with Crippen molar-refractivity contribution in [1.29, 1.82) is 0 Å². The number of nitrogens with zero attached hydrogens (tertiary/aromatic N) is 1. The Hall–Kier alpha value is -3.54. The molecular weight excluding hydrogens is 392 g/mol. The van der Waals surface area contributed by atoms with Gasteiger partial charge in [-0.3, -0.25) is 14.0 Å². The highest BCUT2D eigenvalue weighted by Crippen LogP contribution is 2.19. The van der Waals surface area contributed by atoms with Gasteiger partial charge in [-0.15, -0.1) is 0 Å². The third-order valence-corrected chi connectivity index (χ3v) is 4.54. The number of nitrogens with one attached hydrogen (secondary N) is 1. The highest BCUT2D eigenvalue weighted by molar-refractivity contribution is 7.79. The fourth-order valence-electron chi connectivity index (χ4n) is 2.49. The molecule has 1 amide bonds. The highest BCUT2D eigenvalue weighted by atomic mass is 32.2. The first-order valence-electron chi connectivity index (χ1n) is 8.50. The van der Waals surface area contributed by atoms with E-state index in [0.717, 1.165) is 5.56 Å². The van der Waals surface area contributed by atoms with Gasteiger partial charge in [-0.25, -0.2) is 4.79 Å². The van der Waals surface area contributed by atoms with E-state index in [1.807, 2.05) is 30.3 Å². The lowest BCUT2D eigenvalue weighted by Gasteiger charge is -2.09.